The summed E-state index contributed by atoms with van der Waals surface area (Å²) < 4.78 is 1.84. The first kappa shape index (κ1) is 12.7. The van der Waals surface area contributed by atoms with Gasteiger partial charge in [0.15, 0.2) is 0 Å². The van der Waals surface area contributed by atoms with Gasteiger partial charge in [-0.2, -0.15) is 5.10 Å². The summed E-state index contributed by atoms with van der Waals surface area (Å²) in [6.07, 6.45) is 6.25. The summed E-state index contributed by atoms with van der Waals surface area (Å²) in [7, 11) is 1.95. The van der Waals surface area contributed by atoms with Gasteiger partial charge in [0.2, 0.25) is 0 Å². The number of nitrogens with zero attached hydrogens (tertiary/aromatic N) is 2. The SMILES string of the molecule is CCCc1ccccc1NC(C)c1cnn(C)c1. The molecular formula is C15H21N3. The van der Waals surface area contributed by atoms with Crippen molar-refractivity contribution >= 4 is 5.69 Å². The highest BCUT2D eigenvalue weighted by atomic mass is 15.2. The van der Waals surface area contributed by atoms with Crippen LogP contribution in [0, 0.1) is 0 Å². The van der Waals surface area contributed by atoms with Gasteiger partial charge < -0.3 is 5.32 Å². The Labute approximate surface area is 109 Å². The fraction of sp³-hybridized carbons (Fsp3) is 0.400. The molecule has 1 atom stereocenters. The first-order chi connectivity index (χ1) is 8.70. The van der Waals surface area contributed by atoms with Crippen LogP contribution < -0.4 is 5.32 Å². The number of hydrogen-bond acceptors (Lipinski definition) is 2. The van der Waals surface area contributed by atoms with E-state index in [-0.39, 0.29) is 6.04 Å². The molecule has 2 rings (SSSR count). The summed E-state index contributed by atoms with van der Waals surface area (Å²) in [4.78, 5) is 0. The van der Waals surface area contributed by atoms with Gasteiger partial charge in [-0.3, -0.25) is 4.68 Å². The minimum Gasteiger partial charge on any atom is -0.378 e. The summed E-state index contributed by atoms with van der Waals surface area (Å²) >= 11 is 0. The topological polar surface area (TPSA) is 29.9 Å². The van der Waals surface area contributed by atoms with E-state index in [1.54, 1.807) is 0 Å². The second-order valence-corrected chi connectivity index (χ2v) is 4.72. The summed E-state index contributed by atoms with van der Waals surface area (Å²) in [5, 5.41) is 7.79. The number of rotatable bonds is 5. The minimum absolute atomic E-state index is 0.275. The van der Waals surface area contributed by atoms with E-state index in [4.69, 9.17) is 0 Å². The lowest BCUT2D eigenvalue weighted by Gasteiger charge is -2.16. The third kappa shape index (κ3) is 2.92. The number of aromatic nitrogens is 2. The Kier molecular flexibility index (Phi) is 4.03. The van der Waals surface area contributed by atoms with Crippen LogP contribution in [-0.4, -0.2) is 9.78 Å². The molecule has 0 amide bonds. The summed E-state index contributed by atoms with van der Waals surface area (Å²) in [6.45, 7) is 4.38. The van der Waals surface area contributed by atoms with E-state index in [0.29, 0.717) is 0 Å². The molecule has 0 aliphatic rings. The molecule has 0 fully saturated rings. The second-order valence-electron chi connectivity index (χ2n) is 4.72. The molecule has 0 bridgehead atoms. The van der Waals surface area contributed by atoms with Crippen molar-refractivity contribution in [2.24, 2.45) is 7.05 Å². The van der Waals surface area contributed by atoms with Crippen molar-refractivity contribution < 1.29 is 0 Å². The molecule has 0 spiro atoms. The first-order valence-electron chi connectivity index (χ1n) is 6.53. The van der Waals surface area contributed by atoms with Gasteiger partial charge in [-0.15, -0.1) is 0 Å². The Morgan fingerprint density at radius 2 is 2.11 bits per heavy atom. The zero-order chi connectivity index (χ0) is 13.0. The number of aryl methyl sites for hydroxylation is 2. The van der Waals surface area contributed by atoms with Crippen LogP contribution >= 0.6 is 0 Å². The highest BCUT2D eigenvalue weighted by Crippen LogP contribution is 2.22. The third-order valence-corrected chi connectivity index (χ3v) is 3.13. The van der Waals surface area contributed by atoms with Crippen LogP contribution in [0.1, 0.15) is 37.4 Å². The fourth-order valence-corrected chi connectivity index (χ4v) is 2.13. The lowest BCUT2D eigenvalue weighted by atomic mass is 10.1. The van der Waals surface area contributed by atoms with Crippen LogP contribution in [0.3, 0.4) is 0 Å². The molecule has 1 aromatic heterocycles. The zero-order valence-electron chi connectivity index (χ0n) is 11.4. The molecular weight excluding hydrogens is 222 g/mol. The summed E-state index contributed by atoms with van der Waals surface area (Å²) in [5.41, 5.74) is 3.83. The fourth-order valence-electron chi connectivity index (χ4n) is 2.13. The smallest absolute Gasteiger partial charge is 0.0542 e. The van der Waals surface area contributed by atoms with E-state index in [1.165, 1.54) is 23.2 Å². The average molecular weight is 243 g/mol. The van der Waals surface area contributed by atoms with Crippen molar-refractivity contribution in [1.29, 1.82) is 0 Å². The van der Waals surface area contributed by atoms with Crippen LogP contribution in [0.15, 0.2) is 36.7 Å². The quantitative estimate of drug-likeness (QED) is 0.870. The molecule has 0 radical (unpaired) electrons. The molecule has 2 aromatic rings. The molecule has 3 heteroatoms. The molecule has 0 saturated heterocycles. The van der Waals surface area contributed by atoms with Crippen molar-refractivity contribution in [3.05, 3.63) is 47.8 Å². The van der Waals surface area contributed by atoms with Crippen molar-refractivity contribution in [2.75, 3.05) is 5.32 Å². The van der Waals surface area contributed by atoms with Gasteiger partial charge in [-0.05, 0) is 25.0 Å². The molecule has 96 valence electrons. The van der Waals surface area contributed by atoms with E-state index in [9.17, 15) is 0 Å². The summed E-state index contributed by atoms with van der Waals surface area (Å²) in [5.74, 6) is 0. The van der Waals surface area contributed by atoms with Gasteiger partial charge in [-0.25, -0.2) is 0 Å². The Morgan fingerprint density at radius 1 is 1.33 bits per heavy atom. The van der Waals surface area contributed by atoms with Gasteiger partial charge in [0, 0.05) is 24.5 Å². The van der Waals surface area contributed by atoms with E-state index in [2.05, 4.69) is 54.7 Å². The van der Waals surface area contributed by atoms with Gasteiger partial charge in [0.25, 0.3) is 0 Å². The van der Waals surface area contributed by atoms with Crippen LogP contribution in [-0.2, 0) is 13.5 Å². The molecule has 0 aliphatic heterocycles. The molecule has 1 aromatic carbocycles. The highest BCUT2D eigenvalue weighted by Gasteiger charge is 2.09. The average Bonchev–Trinajstić information content (AvgIpc) is 2.79. The lowest BCUT2D eigenvalue weighted by Crippen LogP contribution is -2.07. The van der Waals surface area contributed by atoms with Crippen LogP contribution in [0.2, 0.25) is 0 Å². The van der Waals surface area contributed by atoms with E-state index >= 15 is 0 Å². The minimum atomic E-state index is 0.275. The predicted octanol–water partition coefficient (Wildman–Crippen LogP) is 3.55. The van der Waals surface area contributed by atoms with Crippen molar-refractivity contribution in [3.63, 3.8) is 0 Å². The van der Waals surface area contributed by atoms with Crippen molar-refractivity contribution in [2.45, 2.75) is 32.7 Å². The Morgan fingerprint density at radius 3 is 2.78 bits per heavy atom. The maximum Gasteiger partial charge on any atom is 0.0542 e. The summed E-state index contributed by atoms with van der Waals surface area (Å²) in [6, 6.07) is 8.80. The zero-order valence-corrected chi connectivity index (χ0v) is 11.4. The van der Waals surface area contributed by atoms with Crippen molar-refractivity contribution in [1.82, 2.24) is 9.78 Å². The lowest BCUT2D eigenvalue weighted by molar-refractivity contribution is 0.765. The first-order valence-corrected chi connectivity index (χ1v) is 6.53. The van der Waals surface area contributed by atoms with E-state index in [0.717, 1.165) is 6.42 Å². The second kappa shape index (κ2) is 5.71. The molecule has 1 unspecified atom stereocenters. The van der Waals surface area contributed by atoms with E-state index in [1.807, 2.05) is 17.9 Å². The van der Waals surface area contributed by atoms with Gasteiger partial charge >= 0.3 is 0 Å². The monoisotopic (exact) mass is 243 g/mol. The van der Waals surface area contributed by atoms with Crippen LogP contribution in [0.4, 0.5) is 5.69 Å². The maximum atomic E-state index is 4.21. The Bertz CT molecular complexity index is 502. The van der Waals surface area contributed by atoms with Crippen LogP contribution in [0.25, 0.3) is 0 Å². The maximum absolute atomic E-state index is 4.21. The van der Waals surface area contributed by atoms with Gasteiger partial charge in [0.1, 0.15) is 0 Å². The molecule has 3 nitrogen and oxygen atoms in total. The Hall–Kier alpha value is -1.77. The molecule has 0 saturated carbocycles. The number of benzene rings is 1. The highest BCUT2D eigenvalue weighted by molar-refractivity contribution is 5.52. The van der Waals surface area contributed by atoms with Crippen LogP contribution in [0.5, 0.6) is 0 Å². The number of para-hydroxylation sites is 1. The molecule has 1 heterocycles. The van der Waals surface area contributed by atoms with Gasteiger partial charge in [0.05, 0.1) is 12.2 Å². The standard InChI is InChI=1S/C15H21N3/c1-4-7-13-8-5-6-9-15(13)17-12(2)14-10-16-18(3)11-14/h5-6,8-12,17H,4,7H2,1-3H3. The van der Waals surface area contributed by atoms with Crippen molar-refractivity contribution in [3.8, 4) is 0 Å². The predicted molar refractivity (Wildman–Crippen MR) is 75.7 cm³/mol. The molecule has 18 heavy (non-hydrogen) atoms. The Balaban J connectivity index is 2.13. The molecule has 1 N–H and O–H groups in total. The largest absolute Gasteiger partial charge is 0.378 e. The molecule has 0 aliphatic carbocycles. The van der Waals surface area contributed by atoms with E-state index < -0.39 is 0 Å². The number of anilines is 1. The van der Waals surface area contributed by atoms with Gasteiger partial charge in [-0.1, -0.05) is 31.5 Å². The third-order valence-electron chi connectivity index (χ3n) is 3.13. The number of hydrogen-bond donors (Lipinski definition) is 1. The normalized spacial score (nSPS) is 12.4. The number of nitrogens with one attached hydrogen (secondary N) is 1.